The molecule has 0 saturated carbocycles. The summed E-state index contributed by atoms with van der Waals surface area (Å²) < 4.78 is 5.55. The number of ether oxygens (including phenoxy) is 1. The summed E-state index contributed by atoms with van der Waals surface area (Å²) in [5, 5.41) is 2.73. The fourth-order valence-corrected chi connectivity index (χ4v) is 9.08. The third-order valence-corrected chi connectivity index (χ3v) is 10.9. The summed E-state index contributed by atoms with van der Waals surface area (Å²) in [5.41, 5.74) is 0.745. The number of hydrogen-bond acceptors (Lipinski definition) is 4. The van der Waals surface area contributed by atoms with E-state index in [1.54, 1.807) is 18.7 Å². The van der Waals surface area contributed by atoms with Gasteiger partial charge in [-0.25, -0.2) is 4.79 Å². The topological polar surface area (TPSA) is 43.4 Å². The lowest BCUT2D eigenvalue weighted by molar-refractivity contribution is -0.135. The van der Waals surface area contributed by atoms with E-state index in [2.05, 4.69) is 11.8 Å². The van der Waals surface area contributed by atoms with Crippen molar-refractivity contribution in [2.24, 2.45) is 0 Å². The van der Waals surface area contributed by atoms with Crippen LogP contribution in [0.1, 0.15) is 12.5 Å². The monoisotopic (exact) mass is 522 g/mol. The molecule has 0 aliphatic rings. The average molecular weight is 523 g/mol. The van der Waals surface area contributed by atoms with Crippen LogP contribution in [0.15, 0.2) is 120 Å². The van der Waals surface area contributed by atoms with E-state index in [-0.39, 0.29) is 11.9 Å². The number of ketones is 1. The van der Waals surface area contributed by atoms with Crippen LogP contribution in [0.25, 0.3) is 0 Å². The van der Waals surface area contributed by atoms with E-state index in [9.17, 15) is 9.59 Å². The Bertz CT molecular complexity index is 1400. The number of rotatable bonds is 7. The first-order chi connectivity index (χ1) is 18.1. The van der Waals surface area contributed by atoms with Gasteiger partial charge in [0.15, 0.2) is 0 Å². The maximum absolute atomic E-state index is 14.1. The third kappa shape index (κ3) is 5.49. The van der Waals surface area contributed by atoms with Gasteiger partial charge in [-0.15, -0.1) is 11.8 Å². The van der Waals surface area contributed by atoms with Crippen molar-refractivity contribution in [3.8, 4) is 11.8 Å². The van der Waals surface area contributed by atoms with Crippen molar-refractivity contribution in [1.29, 1.82) is 0 Å². The second-order valence-corrected chi connectivity index (χ2v) is 12.2. The molecule has 0 atom stereocenters. The zero-order chi connectivity index (χ0) is 26.1. The summed E-state index contributed by atoms with van der Waals surface area (Å²) in [7, 11) is 0. The van der Waals surface area contributed by atoms with Crippen LogP contribution < -0.4 is 15.9 Å². The molecule has 0 fully saturated rings. The highest BCUT2D eigenvalue weighted by molar-refractivity contribution is 7.98. The molecule has 37 heavy (non-hydrogen) atoms. The molecule has 4 aromatic carbocycles. The Morgan fingerprint density at radius 1 is 0.730 bits per heavy atom. The lowest BCUT2D eigenvalue weighted by Gasteiger charge is -2.30. The quantitative estimate of drug-likeness (QED) is 0.112. The Hall–Kier alpha value is -3.77. The second-order valence-electron chi connectivity index (χ2n) is 8.03. The lowest BCUT2D eigenvalue weighted by Crippen LogP contribution is -2.38. The van der Waals surface area contributed by atoms with Crippen LogP contribution in [0.3, 0.4) is 0 Å². The Kier molecular flexibility index (Phi) is 8.86. The highest BCUT2D eigenvalue weighted by Gasteiger charge is 2.37. The number of thioether (sulfide) groups is 1. The van der Waals surface area contributed by atoms with Gasteiger partial charge in [-0.05, 0) is 54.0 Å². The molecular formula is C32H27O3PS. The standard InChI is InChI=1S/C32H27O3PS/c1-3-35-32(34)31(29(33)24-23-25-15-13-14-22-30(25)37-2)36(26-16-7-4-8-17-26,27-18-9-5-10-19-27)28-20-11-6-12-21-28/h4-22H,3H2,1-2H3. The van der Waals surface area contributed by atoms with Crippen molar-refractivity contribution in [1.82, 2.24) is 0 Å². The predicted octanol–water partition coefficient (Wildman–Crippen LogP) is 5.06. The summed E-state index contributed by atoms with van der Waals surface area (Å²) in [6.45, 7) is -1.07. The number of Topliss-reactive ketones (excluding diaryl/α,β-unsaturated/α-hetero) is 1. The largest absolute Gasteiger partial charge is 0.462 e. The minimum absolute atomic E-state index is 0.0760. The van der Waals surface area contributed by atoms with Gasteiger partial charge in [0.05, 0.1) is 6.61 Å². The Morgan fingerprint density at radius 3 is 1.65 bits per heavy atom. The van der Waals surface area contributed by atoms with Crippen LogP contribution in [-0.4, -0.2) is 29.9 Å². The maximum Gasteiger partial charge on any atom is 0.343 e. The first kappa shape index (κ1) is 26.3. The highest BCUT2D eigenvalue weighted by Crippen LogP contribution is 2.46. The van der Waals surface area contributed by atoms with Crippen molar-refractivity contribution < 1.29 is 14.3 Å². The molecule has 0 radical (unpaired) electrons. The van der Waals surface area contributed by atoms with Gasteiger partial charge in [0.1, 0.15) is 5.29 Å². The highest BCUT2D eigenvalue weighted by atomic mass is 32.2. The Morgan fingerprint density at radius 2 is 1.19 bits per heavy atom. The second kappa shape index (κ2) is 12.5. The van der Waals surface area contributed by atoms with Crippen LogP contribution in [-0.2, 0) is 14.3 Å². The van der Waals surface area contributed by atoms with Crippen molar-refractivity contribution in [3.05, 3.63) is 121 Å². The first-order valence-corrected chi connectivity index (χ1v) is 14.9. The molecule has 0 aromatic heterocycles. The van der Waals surface area contributed by atoms with E-state index in [0.29, 0.717) is 0 Å². The van der Waals surface area contributed by atoms with Gasteiger partial charge in [-0.1, -0.05) is 109 Å². The van der Waals surface area contributed by atoms with E-state index in [1.807, 2.05) is 122 Å². The Balaban J connectivity index is 2.15. The van der Waals surface area contributed by atoms with Gasteiger partial charge in [0.25, 0.3) is 0 Å². The van der Waals surface area contributed by atoms with E-state index < -0.39 is 18.6 Å². The minimum atomic E-state index is -2.96. The van der Waals surface area contributed by atoms with Gasteiger partial charge >= 0.3 is 5.97 Å². The molecule has 184 valence electrons. The van der Waals surface area contributed by atoms with Gasteiger partial charge in [-0.2, -0.15) is 0 Å². The zero-order valence-electron chi connectivity index (χ0n) is 20.8. The van der Waals surface area contributed by atoms with E-state index >= 15 is 0 Å². The van der Waals surface area contributed by atoms with Crippen molar-refractivity contribution in [2.75, 3.05) is 12.9 Å². The van der Waals surface area contributed by atoms with Gasteiger partial charge < -0.3 is 4.74 Å². The summed E-state index contributed by atoms with van der Waals surface area (Å²) in [5.74, 6) is 4.69. The smallest absolute Gasteiger partial charge is 0.343 e. The molecule has 0 N–H and O–H groups in total. The number of esters is 1. The molecule has 4 rings (SSSR count). The molecular weight excluding hydrogens is 495 g/mol. The summed E-state index contributed by atoms with van der Waals surface area (Å²) in [6.07, 6.45) is 1.97. The molecule has 0 heterocycles. The first-order valence-electron chi connectivity index (χ1n) is 11.9. The molecule has 0 unspecified atom stereocenters. The summed E-state index contributed by atoms with van der Waals surface area (Å²) in [6, 6.07) is 37.0. The van der Waals surface area contributed by atoms with E-state index in [1.165, 1.54) is 0 Å². The lowest BCUT2D eigenvalue weighted by atomic mass is 10.2. The average Bonchev–Trinajstić information content (AvgIpc) is 2.96. The molecule has 5 heteroatoms. The fourth-order valence-electron chi connectivity index (χ4n) is 4.30. The third-order valence-electron chi connectivity index (χ3n) is 5.87. The van der Waals surface area contributed by atoms with Gasteiger partial charge in [-0.3, -0.25) is 4.79 Å². The number of carbonyl (C=O) groups is 2. The minimum Gasteiger partial charge on any atom is -0.462 e. The fraction of sp³-hybridized carbons (Fsp3) is 0.0938. The van der Waals surface area contributed by atoms with E-state index in [0.717, 1.165) is 26.4 Å². The maximum atomic E-state index is 14.1. The predicted molar refractivity (Wildman–Crippen MR) is 157 cm³/mol. The molecule has 0 bridgehead atoms. The van der Waals surface area contributed by atoms with Crippen LogP contribution in [0, 0.1) is 11.8 Å². The summed E-state index contributed by atoms with van der Waals surface area (Å²) >= 11 is 1.56. The number of carbonyl (C=O) groups excluding carboxylic acids is 2. The Labute approximate surface area is 222 Å². The van der Waals surface area contributed by atoms with Crippen LogP contribution in [0.2, 0.25) is 0 Å². The molecule has 0 aliphatic heterocycles. The van der Waals surface area contributed by atoms with Crippen molar-refractivity contribution in [2.45, 2.75) is 11.8 Å². The number of hydrogen-bond donors (Lipinski definition) is 0. The van der Waals surface area contributed by atoms with Crippen molar-refractivity contribution in [3.63, 3.8) is 0 Å². The molecule has 0 aliphatic carbocycles. The normalized spacial score (nSPS) is 10.6. The van der Waals surface area contributed by atoms with Crippen molar-refractivity contribution >= 4 is 51.6 Å². The molecule has 0 spiro atoms. The molecule has 4 aromatic rings. The summed E-state index contributed by atoms with van der Waals surface area (Å²) in [4.78, 5) is 28.8. The SMILES string of the molecule is CCOC(=O)C(C(=O)C#Cc1ccccc1SC)=P(c1ccccc1)(c1ccccc1)c1ccccc1. The molecule has 3 nitrogen and oxygen atoms in total. The van der Waals surface area contributed by atoms with E-state index in [4.69, 9.17) is 4.74 Å². The van der Waals surface area contributed by atoms with Gasteiger partial charge in [0.2, 0.25) is 5.78 Å². The van der Waals surface area contributed by atoms with Crippen LogP contribution >= 0.6 is 18.6 Å². The number of benzene rings is 4. The van der Waals surface area contributed by atoms with Crippen LogP contribution in [0.4, 0.5) is 0 Å². The molecule has 0 saturated heterocycles. The van der Waals surface area contributed by atoms with Crippen LogP contribution in [0.5, 0.6) is 0 Å². The zero-order valence-corrected chi connectivity index (χ0v) is 22.5. The van der Waals surface area contributed by atoms with Gasteiger partial charge in [0, 0.05) is 10.5 Å². The molecule has 0 amide bonds.